The van der Waals surface area contributed by atoms with Gasteiger partial charge in [0.05, 0.1) is 16.7 Å². The van der Waals surface area contributed by atoms with Gasteiger partial charge in [0, 0.05) is 30.6 Å². The summed E-state index contributed by atoms with van der Waals surface area (Å²) in [6.45, 7) is 4.11. The fourth-order valence-electron chi connectivity index (χ4n) is 4.33. The molecule has 4 rings (SSSR count). The molecule has 3 amide bonds. The summed E-state index contributed by atoms with van der Waals surface area (Å²) in [6.07, 6.45) is 6.74. The first-order valence-electron chi connectivity index (χ1n) is 11.3. The van der Waals surface area contributed by atoms with Gasteiger partial charge in [0.15, 0.2) is 0 Å². The molecule has 1 fully saturated rings. The van der Waals surface area contributed by atoms with Crippen molar-refractivity contribution in [3.8, 4) is 0 Å². The van der Waals surface area contributed by atoms with Crippen molar-refractivity contribution in [1.82, 2.24) is 14.9 Å². The van der Waals surface area contributed by atoms with Crippen LogP contribution in [0.1, 0.15) is 53.7 Å². The number of carbonyl (C=O) groups excluding carboxylic acids is 3. The van der Waals surface area contributed by atoms with Crippen LogP contribution in [-0.2, 0) is 4.79 Å². The molecule has 1 aromatic carbocycles. The minimum Gasteiger partial charge on any atom is -0.338 e. The summed E-state index contributed by atoms with van der Waals surface area (Å²) < 4.78 is 1.45. The van der Waals surface area contributed by atoms with E-state index in [1.54, 1.807) is 18.0 Å². The van der Waals surface area contributed by atoms with E-state index in [0.29, 0.717) is 22.8 Å². The predicted octanol–water partition coefficient (Wildman–Crippen LogP) is 4.78. The van der Waals surface area contributed by atoms with Crippen molar-refractivity contribution in [3.63, 3.8) is 0 Å². The Morgan fingerprint density at radius 3 is 2.61 bits per heavy atom. The van der Waals surface area contributed by atoms with Crippen molar-refractivity contribution < 1.29 is 14.4 Å². The molecular formula is C24H29N5O3S. The average Bonchev–Trinajstić information content (AvgIpc) is 3.41. The van der Waals surface area contributed by atoms with Crippen LogP contribution in [0.2, 0.25) is 0 Å². The first-order chi connectivity index (χ1) is 15.9. The van der Waals surface area contributed by atoms with Gasteiger partial charge in [0.2, 0.25) is 5.91 Å². The summed E-state index contributed by atoms with van der Waals surface area (Å²) in [5, 5.41) is 7.23. The number of thiazole rings is 1. The smallest absolute Gasteiger partial charge is 0.327 e. The van der Waals surface area contributed by atoms with Crippen molar-refractivity contribution in [3.05, 3.63) is 40.3 Å². The number of benzene rings is 1. The van der Waals surface area contributed by atoms with Gasteiger partial charge in [-0.25, -0.2) is 14.3 Å². The summed E-state index contributed by atoms with van der Waals surface area (Å²) in [5.74, 6) is 0.204. The first kappa shape index (κ1) is 23.0. The van der Waals surface area contributed by atoms with Crippen LogP contribution in [0.5, 0.6) is 0 Å². The van der Waals surface area contributed by atoms with E-state index >= 15 is 0 Å². The Balaban J connectivity index is 1.69. The second-order valence-corrected chi connectivity index (χ2v) is 9.61. The second kappa shape index (κ2) is 9.74. The third kappa shape index (κ3) is 4.78. The van der Waals surface area contributed by atoms with Crippen LogP contribution in [0, 0.1) is 12.8 Å². The topological polar surface area (TPSA) is 96.3 Å². The number of nitrogens with one attached hydrogen (secondary N) is 2. The molecular weight excluding hydrogens is 438 g/mol. The first-order valence-corrected chi connectivity index (χ1v) is 12.2. The van der Waals surface area contributed by atoms with E-state index in [0.717, 1.165) is 41.8 Å². The van der Waals surface area contributed by atoms with Crippen molar-refractivity contribution in [1.29, 1.82) is 0 Å². The maximum Gasteiger partial charge on any atom is 0.327 e. The van der Waals surface area contributed by atoms with Gasteiger partial charge in [-0.3, -0.25) is 9.59 Å². The van der Waals surface area contributed by atoms with Gasteiger partial charge < -0.3 is 15.5 Å². The molecule has 2 aromatic heterocycles. The lowest BCUT2D eigenvalue weighted by Crippen LogP contribution is -2.34. The lowest BCUT2D eigenvalue weighted by Gasteiger charge is -2.26. The van der Waals surface area contributed by atoms with E-state index in [2.05, 4.69) is 15.6 Å². The molecule has 1 saturated carbocycles. The summed E-state index contributed by atoms with van der Waals surface area (Å²) in [6, 6.07) is 7.00. The largest absolute Gasteiger partial charge is 0.338 e. The number of fused-ring (bicyclic) bond motifs is 1. The lowest BCUT2D eigenvalue weighted by atomic mass is 9.88. The number of nitrogens with zero attached hydrogens (tertiary/aromatic N) is 3. The second-order valence-electron chi connectivity index (χ2n) is 8.37. The van der Waals surface area contributed by atoms with E-state index in [1.165, 1.54) is 28.5 Å². The van der Waals surface area contributed by atoms with Crippen LogP contribution in [0.4, 0.5) is 16.3 Å². The number of rotatable bonds is 5. The van der Waals surface area contributed by atoms with Crippen molar-refractivity contribution in [2.24, 2.45) is 5.92 Å². The monoisotopic (exact) mass is 467 g/mol. The highest BCUT2D eigenvalue weighted by Crippen LogP contribution is 2.31. The van der Waals surface area contributed by atoms with Crippen LogP contribution in [0.25, 0.3) is 10.9 Å². The fourth-order valence-corrected chi connectivity index (χ4v) is 5.01. The van der Waals surface area contributed by atoms with Crippen LogP contribution in [0.3, 0.4) is 0 Å². The summed E-state index contributed by atoms with van der Waals surface area (Å²) in [7, 11) is 1.78. The Morgan fingerprint density at radius 2 is 1.94 bits per heavy atom. The van der Waals surface area contributed by atoms with Gasteiger partial charge >= 0.3 is 6.03 Å². The van der Waals surface area contributed by atoms with Crippen molar-refractivity contribution in [2.45, 2.75) is 46.0 Å². The molecule has 0 aliphatic heterocycles. The molecule has 2 heterocycles. The third-order valence-electron chi connectivity index (χ3n) is 6.08. The van der Waals surface area contributed by atoms with E-state index < -0.39 is 0 Å². The van der Waals surface area contributed by atoms with Gasteiger partial charge in [0.1, 0.15) is 10.7 Å². The molecule has 9 heteroatoms. The van der Waals surface area contributed by atoms with E-state index in [-0.39, 0.29) is 23.8 Å². The summed E-state index contributed by atoms with van der Waals surface area (Å²) in [5.41, 5.74) is 1.34. The Morgan fingerprint density at radius 1 is 1.18 bits per heavy atom. The molecule has 0 bridgehead atoms. The number of amides is 3. The lowest BCUT2D eigenvalue weighted by molar-refractivity contribution is -0.123. The molecule has 1 aliphatic carbocycles. The Bertz CT molecular complexity index is 1190. The number of hydrogen-bond acceptors (Lipinski definition) is 5. The predicted molar refractivity (Wildman–Crippen MR) is 131 cm³/mol. The van der Waals surface area contributed by atoms with Crippen LogP contribution in [-0.4, -0.2) is 41.0 Å². The fraction of sp³-hybridized carbons (Fsp3) is 0.417. The van der Waals surface area contributed by atoms with Crippen LogP contribution in [0.15, 0.2) is 30.5 Å². The quantitative estimate of drug-likeness (QED) is 0.564. The Labute approximate surface area is 197 Å². The molecule has 3 aromatic rings. The number of carbonyl (C=O) groups is 3. The average molecular weight is 468 g/mol. The molecule has 2 N–H and O–H groups in total. The molecule has 0 spiro atoms. The number of anilines is 2. The molecule has 33 heavy (non-hydrogen) atoms. The minimum absolute atomic E-state index is 0.0485. The maximum atomic E-state index is 13.0. The third-order valence-corrected chi connectivity index (χ3v) is 6.99. The standard InChI is InChI=1S/C24H29N5O3S/c1-4-25-24(32)29-19-13-18(28(3)23(31)16-8-6-5-7-9-16)11-10-17(19)12-21(29)27-22(30)20-14-26-15(2)33-20/h10-14,16H,4-9H2,1-3H3,(H,25,32)(H,27,30). The van der Waals surface area contributed by atoms with Crippen molar-refractivity contribution in [2.75, 3.05) is 23.8 Å². The van der Waals surface area contributed by atoms with E-state index in [4.69, 9.17) is 0 Å². The highest BCUT2D eigenvalue weighted by atomic mass is 32.1. The Kier molecular flexibility index (Phi) is 6.78. The summed E-state index contributed by atoms with van der Waals surface area (Å²) in [4.78, 5) is 45.0. The zero-order chi connectivity index (χ0) is 23.5. The molecule has 1 aliphatic rings. The van der Waals surface area contributed by atoms with Gasteiger partial charge in [-0.05, 0) is 44.9 Å². The number of hydrogen-bond donors (Lipinski definition) is 2. The number of aryl methyl sites for hydroxylation is 1. The highest BCUT2D eigenvalue weighted by Gasteiger charge is 2.26. The van der Waals surface area contributed by atoms with Gasteiger partial charge in [0.25, 0.3) is 5.91 Å². The molecule has 174 valence electrons. The zero-order valence-corrected chi connectivity index (χ0v) is 20.0. The highest BCUT2D eigenvalue weighted by molar-refractivity contribution is 7.13. The van der Waals surface area contributed by atoms with Crippen LogP contribution < -0.4 is 15.5 Å². The normalized spacial score (nSPS) is 14.3. The molecule has 0 atom stereocenters. The van der Waals surface area contributed by atoms with E-state index in [1.807, 2.05) is 32.0 Å². The van der Waals surface area contributed by atoms with Crippen molar-refractivity contribution >= 4 is 51.6 Å². The minimum atomic E-state index is -0.346. The Hall–Kier alpha value is -3.20. The van der Waals surface area contributed by atoms with Gasteiger partial charge in [-0.2, -0.15) is 0 Å². The molecule has 0 unspecified atom stereocenters. The summed E-state index contributed by atoms with van der Waals surface area (Å²) >= 11 is 1.29. The van der Waals surface area contributed by atoms with Crippen LogP contribution >= 0.6 is 11.3 Å². The molecule has 8 nitrogen and oxygen atoms in total. The van der Waals surface area contributed by atoms with E-state index in [9.17, 15) is 14.4 Å². The maximum absolute atomic E-state index is 13.0. The zero-order valence-electron chi connectivity index (χ0n) is 19.2. The SMILES string of the molecule is CCNC(=O)n1c(NC(=O)c2cnc(C)s2)cc2ccc(N(C)C(=O)C3CCCCC3)cc21. The van der Waals surface area contributed by atoms with Gasteiger partial charge in [-0.1, -0.05) is 25.3 Å². The van der Waals surface area contributed by atoms with Gasteiger partial charge in [-0.15, -0.1) is 11.3 Å². The molecule has 0 saturated heterocycles. The number of aromatic nitrogens is 2. The molecule has 0 radical (unpaired) electrons.